The normalized spacial score (nSPS) is 12.0. The molecular formula is C22H22FNO5. The second-order valence-electron chi connectivity index (χ2n) is 6.54. The van der Waals surface area contributed by atoms with Crippen LogP contribution >= 0.6 is 0 Å². The highest BCUT2D eigenvalue weighted by Gasteiger charge is 2.26. The van der Waals surface area contributed by atoms with Gasteiger partial charge in [-0.25, -0.2) is 9.18 Å². The third kappa shape index (κ3) is 4.63. The van der Waals surface area contributed by atoms with Crippen LogP contribution in [0.25, 0.3) is 11.0 Å². The van der Waals surface area contributed by atoms with Gasteiger partial charge in [0.15, 0.2) is 6.10 Å². The summed E-state index contributed by atoms with van der Waals surface area (Å²) in [5, 5.41) is 3.28. The molecule has 1 heterocycles. The molecule has 0 radical (unpaired) electrons. The maximum absolute atomic E-state index is 13.6. The van der Waals surface area contributed by atoms with Crippen LogP contribution in [0.3, 0.4) is 0 Å². The molecule has 1 atom stereocenters. The Kier molecular flexibility index (Phi) is 6.29. The Hall–Kier alpha value is -3.19. The summed E-state index contributed by atoms with van der Waals surface area (Å²) in [7, 11) is 0. The molecule has 6 nitrogen and oxygen atoms in total. The molecule has 3 aromatic rings. The van der Waals surface area contributed by atoms with Crippen LogP contribution in [0.5, 0.6) is 0 Å². The molecule has 29 heavy (non-hydrogen) atoms. The van der Waals surface area contributed by atoms with Crippen molar-refractivity contribution in [3.63, 3.8) is 0 Å². The number of furan rings is 1. The van der Waals surface area contributed by atoms with Gasteiger partial charge in [-0.3, -0.25) is 4.79 Å². The number of hydrogen-bond acceptors (Lipinski definition) is 5. The summed E-state index contributed by atoms with van der Waals surface area (Å²) in [6, 6.07) is 11.5. The van der Waals surface area contributed by atoms with Crippen molar-refractivity contribution >= 4 is 28.5 Å². The molecule has 0 saturated heterocycles. The fourth-order valence-electron chi connectivity index (χ4n) is 2.79. The maximum Gasteiger partial charge on any atom is 0.375 e. The molecule has 3 rings (SSSR count). The number of aryl methyl sites for hydroxylation is 1. The number of anilines is 1. The van der Waals surface area contributed by atoms with Crippen LogP contribution in [0.15, 0.2) is 46.9 Å². The van der Waals surface area contributed by atoms with Crippen LogP contribution in [-0.2, 0) is 20.9 Å². The highest BCUT2D eigenvalue weighted by atomic mass is 19.1. The lowest BCUT2D eigenvalue weighted by Crippen LogP contribution is -2.30. The third-order valence-corrected chi connectivity index (χ3v) is 4.43. The van der Waals surface area contributed by atoms with Gasteiger partial charge in [0, 0.05) is 23.2 Å². The van der Waals surface area contributed by atoms with Crippen LogP contribution in [0.4, 0.5) is 10.1 Å². The molecule has 0 saturated carbocycles. The van der Waals surface area contributed by atoms with Crippen molar-refractivity contribution < 1.29 is 27.9 Å². The Labute approximate surface area is 167 Å². The lowest BCUT2D eigenvalue weighted by molar-refractivity contribution is -0.123. The highest BCUT2D eigenvalue weighted by molar-refractivity contribution is 5.99. The maximum atomic E-state index is 13.6. The number of halogens is 1. The van der Waals surface area contributed by atoms with Crippen LogP contribution in [0.1, 0.15) is 35.5 Å². The van der Waals surface area contributed by atoms with E-state index in [0.29, 0.717) is 23.3 Å². The molecule has 0 bridgehead atoms. The van der Waals surface area contributed by atoms with Crippen molar-refractivity contribution in [3.8, 4) is 0 Å². The number of hydrogen-bond donors (Lipinski definition) is 1. The summed E-state index contributed by atoms with van der Waals surface area (Å²) in [5.41, 5.74) is 1.85. The largest absolute Gasteiger partial charge is 0.449 e. The number of fused-ring (bicyclic) bond motifs is 1. The number of carbonyl (C=O) groups excluding carboxylic acids is 2. The molecule has 0 aliphatic carbocycles. The van der Waals surface area contributed by atoms with Crippen molar-refractivity contribution in [1.29, 1.82) is 0 Å². The lowest BCUT2D eigenvalue weighted by atomic mass is 10.1. The molecule has 0 fully saturated rings. The fraction of sp³-hybridized carbons (Fsp3) is 0.273. The van der Waals surface area contributed by atoms with Gasteiger partial charge < -0.3 is 19.2 Å². The van der Waals surface area contributed by atoms with Crippen LogP contribution in [0, 0.1) is 12.7 Å². The van der Waals surface area contributed by atoms with Crippen molar-refractivity contribution in [2.45, 2.75) is 33.5 Å². The van der Waals surface area contributed by atoms with Gasteiger partial charge in [0.1, 0.15) is 11.4 Å². The van der Waals surface area contributed by atoms with Gasteiger partial charge in [0.25, 0.3) is 5.91 Å². The van der Waals surface area contributed by atoms with Gasteiger partial charge in [-0.15, -0.1) is 0 Å². The number of para-hydroxylation sites is 1. The van der Waals surface area contributed by atoms with Gasteiger partial charge in [0.2, 0.25) is 5.76 Å². The second kappa shape index (κ2) is 8.87. The fourth-order valence-corrected chi connectivity index (χ4v) is 2.79. The van der Waals surface area contributed by atoms with Crippen molar-refractivity contribution in [2.24, 2.45) is 0 Å². The molecule has 0 unspecified atom stereocenters. The Balaban J connectivity index is 1.75. The predicted octanol–water partition coefficient (Wildman–Crippen LogP) is 4.60. The smallest absolute Gasteiger partial charge is 0.375 e. The number of amides is 1. The zero-order valence-corrected chi connectivity index (χ0v) is 16.5. The molecule has 7 heteroatoms. The first-order valence-electron chi connectivity index (χ1n) is 9.26. The zero-order chi connectivity index (χ0) is 21.0. The van der Waals surface area contributed by atoms with E-state index in [0.717, 1.165) is 5.39 Å². The summed E-state index contributed by atoms with van der Waals surface area (Å²) in [4.78, 5) is 25.0. The summed E-state index contributed by atoms with van der Waals surface area (Å²) < 4.78 is 30.0. The molecule has 1 amide bonds. The molecule has 1 aromatic heterocycles. The minimum absolute atomic E-state index is 0.000630. The average molecular weight is 399 g/mol. The number of nitrogens with one attached hydrogen (secondary N) is 1. The number of ether oxygens (including phenoxy) is 2. The van der Waals surface area contributed by atoms with E-state index < -0.39 is 23.8 Å². The summed E-state index contributed by atoms with van der Waals surface area (Å²) in [6.07, 6.45) is -1.11. The van der Waals surface area contributed by atoms with Gasteiger partial charge in [-0.05, 0) is 44.5 Å². The molecule has 1 N–H and O–H groups in total. The first-order valence-corrected chi connectivity index (χ1v) is 9.26. The van der Waals surface area contributed by atoms with E-state index >= 15 is 0 Å². The number of esters is 1. The Bertz CT molecular complexity index is 1040. The molecule has 0 aliphatic rings. The van der Waals surface area contributed by atoms with E-state index in [-0.39, 0.29) is 18.1 Å². The Morgan fingerprint density at radius 2 is 1.97 bits per heavy atom. The number of benzene rings is 2. The van der Waals surface area contributed by atoms with Crippen molar-refractivity contribution in [2.75, 3.05) is 11.9 Å². The Morgan fingerprint density at radius 1 is 1.21 bits per heavy atom. The lowest BCUT2D eigenvalue weighted by Gasteiger charge is -2.13. The first kappa shape index (κ1) is 20.5. The Morgan fingerprint density at radius 3 is 2.69 bits per heavy atom. The molecular weight excluding hydrogens is 377 g/mol. The minimum atomic E-state index is -1.11. The quantitative estimate of drug-likeness (QED) is 0.588. The number of carbonyl (C=O) groups is 2. The summed E-state index contributed by atoms with van der Waals surface area (Å²) >= 11 is 0. The van der Waals surface area contributed by atoms with Crippen molar-refractivity contribution in [3.05, 3.63) is 65.2 Å². The summed E-state index contributed by atoms with van der Waals surface area (Å²) in [6.45, 7) is 5.56. The molecule has 152 valence electrons. The molecule has 2 aromatic carbocycles. The van der Waals surface area contributed by atoms with E-state index in [1.54, 1.807) is 31.2 Å². The van der Waals surface area contributed by atoms with E-state index in [4.69, 9.17) is 13.9 Å². The molecule has 0 spiro atoms. The van der Waals surface area contributed by atoms with Crippen LogP contribution < -0.4 is 5.32 Å². The van der Waals surface area contributed by atoms with Gasteiger partial charge in [-0.1, -0.05) is 24.3 Å². The average Bonchev–Trinajstić information content (AvgIpc) is 3.07. The number of rotatable bonds is 7. The van der Waals surface area contributed by atoms with Crippen LogP contribution in [-0.4, -0.2) is 24.6 Å². The monoisotopic (exact) mass is 399 g/mol. The van der Waals surface area contributed by atoms with Gasteiger partial charge in [0.05, 0.1) is 6.61 Å². The molecule has 0 aliphatic heterocycles. The topological polar surface area (TPSA) is 77.8 Å². The van der Waals surface area contributed by atoms with E-state index in [2.05, 4.69) is 5.32 Å². The minimum Gasteiger partial charge on any atom is -0.449 e. The van der Waals surface area contributed by atoms with E-state index in [9.17, 15) is 14.0 Å². The highest BCUT2D eigenvalue weighted by Crippen LogP contribution is 2.27. The third-order valence-electron chi connectivity index (χ3n) is 4.43. The van der Waals surface area contributed by atoms with Crippen LogP contribution in [0.2, 0.25) is 0 Å². The van der Waals surface area contributed by atoms with Gasteiger partial charge >= 0.3 is 5.97 Å². The first-order chi connectivity index (χ1) is 13.9. The van der Waals surface area contributed by atoms with Crippen molar-refractivity contribution in [1.82, 2.24) is 0 Å². The second-order valence-corrected chi connectivity index (χ2v) is 6.54. The standard InChI is InChI=1S/C22H22FNO5/c1-4-27-12-17-16-7-5-6-8-19(16)29-20(17)22(26)28-14(3)21(25)24-15-10-9-13(2)18(23)11-15/h5-11,14H,4,12H2,1-3H3,(H,24,25)/t14-/m1/s1. The van der Waals surface area contributed by atoms with Gasteiger partial charge in [-0.2, -0.15) is 0 Å². The summed E-state index contributed by atoms with van der Waals surface area (Å²) in [5.74, 6) is -1.78. The van der Waals surface area contributed by atoms with E-state index in [1.807, 2.05) is 19.1 Å². The predicted molar refractivity (Wildman–Crippen MR) is 106 cm³/mol. The van der Waals surface area contributed by atoms with E-state index in [1.165, 1.54) is 13.0 Å². The SMILES string of the molecule is CCOCc1c(C(=O)O[C@H](C)C(=O)Nc2ccc(C)c(F)c2)oc2ccccc12. The zero-order valence-electron chi connectivity index (χ0n) is 16.5.